The van der Waals surface area contributed by atoms with Gasteiger partial charge in [0.1, 0.15) is 15.4 Å². The third-order valence-electron chi connectivity index (χ3n) is 3.02. The van der Waals surface area contributed by atoms with Crippen LogP contribution in [0.4, 0.5) is 0 Å². The van der Waals surface area contributed by atoms with Crippen LogP contribution < -0.4 is 10.6 Å². The summed E-state index contributed by atoms with van der Waals surface area (Å²) in [4.78, 5) is 4.37. The largest absolute Gasteiger partial charge is 0.383 e. The van der Waals surface area contributed by atoms with Crippen molar-refractivity contribution in [1.82, 2.24) is 10.6 Å². The van der Waals surface area contributed by atoms with Crippen molar-refractivity contribution in [2.75, 3.05) is 31.6 Å². The Hall–Kier alpha value is -0.390. The molecule has 0 aliphatic heterocycles. The third-order valence-corrected chi connectivity index (χ3v) is 4.73. The van der Waals surface area contributed by atoms with Crippen LogP contribution in [0.15, 0.2) is 21.8 Å². The van der Waals surface area contributed by atoms with E-state index in [9.17, 15) is 13.5 Å². The summed E-state index contributed by atoms with van der Waals surface area (Å²) in [5.74, 6) is 0.720. The Bertz CT molecular complexity index is 572. The van der Waals surface area contributed by atoms with Crippen molar-refractivity contribution in [1.29, 1.82) is 0 Å². The van der Waals surface area contributed by atoms with E-state index in [2.05, 4.69) is 15.6 Å². The second-order valence-corrected chi connectivity index (χ2v) is 8.43. The van der Waals surface area contributed by atoms with Crippen LogP contribution in [0.5, 0.6) is 0 Å². The number of sulfone groups is 1. The number of halogens is 1. The minimum Gasteiger partial charge on any atom is -0.383 e. The van der Waals surface area contributed by atoms with E-state index >= 15 is 0 Å². The van der Waals surface area contributed by atoms with Crippen LogP contribution in [-0.2, 0) is 15.4 Å². The van der Waals surface area contributed by atoms with Gasteiger partial charge in [0.2, 0.25) is 0 Å². The van der Waals surface area contributed by atoms with E-state index in [4.69, 9.17) is 0 Å². The zero-order valence-electron chi connectivity index (χ0n) is 13.7. The molecule has 0 aliphatic rings. The summed E-state index contributed by atoms with van der Waals surface area (Å²) in [6.07, 6.45) is 1.74. The first kappa shape index (κ1) is 22.6. The average Bonchev–Trinajstić information content (AvgIpc) is 2.94. The predicted molar refractivity (Wildman–Crippen MR) is 108 cm³/mol. The normalized spacial score (nSPS) is 14.7. The van der Waals surface area contributed by atoms with Gasteiger partial charge in [-0.2, -0.15) is 11.3 Å². The van der Waals surface area contributed by atoms with Gasteiger partial charge in [-0.15, -0.1) is 24.0 Å². The summed E-state index contributed by atoms with van der Waals surface area (Å²) in [5, 5.41) is 20.4. The van der Waals surface area contributed by atoms with Gasteiger partial charge in [-0.3, -0.25) is 0 Å². The van der Waals surface area contributed by atoms with Gasteiger partial charge < -0.3 is 15.7 Å². The maximum Gasteiger partial charge on any atom is 0.191 e. The molecule has 0 bridgehead atoms. The molecule has 0 fully saturated rings. The highest BCUT2D eigenvalue weighted by atomic mass is 127. The average molecular weight is 475 g/mol. The molecule has 3 N–H and O–H groups in total. The second-order valence-electron chi connectivity index (χ2n) is 5.39. The quantitative estimate of drug-likeness (QED) is 0.230. The molecule has 0 radical (unpaired) electrons. The number of rotatable bonds is 8. The molecule has 0 aromatic carbocycles. The molecular weight excluding hydrogens is 449 g/mol. The molecule has 0 amide bonds. The molecule has 23 heavy (non-hydrogen) atoms. The second kappa shape index (κ2) is 10.5. The van der Waals surface area contributed by atoms with E-state index in [-0.39, 0.29) is 36.3 Å². The van der Waals surface area contributed by atoms with Crippen LogP contribution in [-0.4, -0.2) is 51.1 Å². The minimum atomic E-state index is -2.94. The van der Waals surface area contributed by atoms with Crippen LogP contribution in [0, 0.1) is 0 Å². The van der Waals surface area contributed by atoms with Crippen LogP contribution in [0.3, 0.4) is 0 Å². The van der Waals surface area contributed by atoms with E-state index in [0.717, 1.165) is 5.56 Å². The van der Waals surface area contributed by atoms with Gasteiger partial charge >= 0.3 is 0 Å². The van der Waals surface area contributed by atoms with Gasteiger partial charge in [0, 0.05) is 19.3 Å². The van der Waals surface area contributed by atoms with Crippen LogP contribution >= 0.6 is 35.3 Å². The Morgan fingerprint density at radius 2 is 2.13 bits per heavy atom. The number of hydrogen-bond donors (Lipinski definition) is 3. The van der Waals surface area contributed by atoms with Gasteiger partial charge in [0.15, 0.2) is 5.96 Å². The zero-order valence-corrected chi connectivity index (χ0v) is 17.7. The summed E-state index contributed by atoms with van der Waals surface area (Å²) in [6, 6.07) is 1.88. The van der Waals surface area contributed by atoms with Crippen molar-refractivity contribution < 1.29 is 13.5 Å². The smallest absolute Gasteiger partial charge is 0.191 e. The first-order chi connectivity index (χ1) is 10.2. The molecule has 1 heterocycles. The lowest BCUT2D eigenvalue weighted by Gasteiger charge is -2.21. The predicted octanol–water partition coefficient (Wildman–Crippen LogP) is 1.56. The van der Waals surface area contributed by atoms with Crippen LogP contribution in [0.1, 0.15) is 25.8 Å². The lowest BCUT2D eigenvalue weighted by molar-refractivity contribution is 0.0677. The lowest BCUT2D eigenvalue weighted by atomic mass is 10.00. The molecule has 0 saturated carbocycles. The first-order valence-electron chi connectivity index (χ1n) is 7.19. The van der Waals surface area contributed by atoms with Gasteiger partial charge in [0.25, 0.3) is 0 Å². The van der Waals surface area contributed by atoms with Crippen LogP contribution in [0.2, 0.25) is 0 Å². The topological polar surface area (TPSA) is 90.8 Å². The van der Waals surface area contributed by atoms with Gasteiger partial charge in [-0.05, 0) is 42.7 Å². The van der Waals surface area contributed by atoms with Crippen molar-refractivity contribution in [3.63, 3.8) is 0 Å². The summed E-state index contributed by atoms with van der Waals surface area (Å²) >= 11 is 1.53. The molecule has 0 spiro atoms. The maximum atomic E-state index is 11.1. The summed E-state index contributed by atoms with van der Waals surface area (Å²) in [5.41, 5.74) is -0.177. The Kier molecular flexibility index (Phi) is 10.3. The van der Waals surface area contributed by atoms with Crippen molar-refractivity contribution >= 4 is 51.1 Å². The molecule has 6 nitrogen and oxygen atoms in total. The number of nitrogens with zero attached hydrogens (tertiary/aromatic N) is 1. The fraction of sp³-hybridized carbons (Fsp3) is 0.643. The fourth-order valence-electron chi connectivity index (χ4n) is 1.78. The molecule has 134 valence electrons. The summed E-state index contributed by atoms with van der Waals surface area (Å²) < 4.78 is 22.2. The highest BCUT2D eigenvalue weighted by molar-refractivity contribution is 14.0. The van der Waals surface area contributed by atoms with Crippen molar-refractivity contribution in [3.05, 3.63) is 22.4 Å². The third kappa shape index (κ3) is 9.48. The molecule has 0 saturated heterocycles. The Morgan fingerprint density at radius 3 is 2.65 bits per heavy atom. The van der Waals surface area contributed by atoms with E-state index in [1.807, 2.05) is 23.8 Å². The van der Waals surface area contributed by atoms with E-state index < -0.39 is 15.4 Å². The van der Waals surface area contributed by atoms with Crippen molar-refractivity contribution in [2.45, 2.75) is 25.9 Å². The molecule has 9 heteroatoms. The van der Waals surface area contributed by atoms with Crippen molar-refractivity contribution in [3.8, 4) is 0 Å². The Labute approximate surface area is 159 Å². The SMILES string of the molecule is CCNC(=NCC(C)(O)c1ccsc1)NCCCS(C)(=O)=O.I. The molecule has 0 aliphatic carbocycles. The number of aliphatic hydroxyl groups is 1. The molecule has 1 aromatic heterocycles. The number of guanidine groups is 1. The van der Waals surface area contributed by atoms with E-state index in [1.54, 1.807) is 6.92 Å². The Balaban J connectivity index is 0.00000484. The lowest BCUT2D eigenvalue weighted by Crippen LogP contribution is -2.39. The van der Waals surface area contributed by atoms with Gasteiger partial charge in [0.05, 0.1) is 12.3 Å². The highest BCUT2D eigenvalue weighted by Crippen LogP contribution is 2.23. The van der Waals surface area contributed by atoms with Gasteiger partial charge in [-0.25, -0.2) is 13.4 Å². The number of nitrogens with one attached hydrogen (secondary N) is 2. The monoisotopic (exact) mass is 475 g/mol. The van der Waals surface area contributed by atoms with Gasteiger partial charge in [-0.1, -0.05) is 0 Å². The minimum absolute atomic E-state index is 0. The summed E-state index contributed by atoms with van der Waals surface area (Å²) in [6.45, 7) is 5.11. The first-order valence-corrected chi connectivity index (χ1v) is 10.2. The molecule has 1 unspecified atom stereocenters. The number of thiophene rings is 1. The van der Waals surface area contributed by atoms with E-state index in [1.165, 1.54) is 17.6 Å². The fourth-order valence-corrected chi connectivity index (χ4v) is 3.23. The Morgan fingerprint density at radius 1 is 1.43 bits per heavy atom. The van der Waals surface area contributed by atoms with Crippen LogP contribution in [0.25, 0.3) is 0 Å². The molecule has 1 rings (SSSR count). The van der Waals surface area contributed by atoms with E-state index in [0.29, 0.717) is 25.5 Å². The standard InChI is InChI=1S/C14H25N3O3S2.HI/c1-4-15-13(16-7-5-9-22(3,19)20)17-11-14(2,18)12-6-8-21-10-12;/h6,8,10,18H,4-5,7,9,11H2,1-3H3,(H2,15,16,17);1H. The number of hydrogen-bond acceptors (Lipinski definition) is 5. The zero-order chi connectivity index (χ0) is 16.6. The molecular formula is C14H26IN3O3S2. The summed E-state index contributed by atoms with van der Waals surface area (Å²) in [7, 11) is -2.94. The molecule has 1 atom stereocenters. The molecule has 1 aromatic rings. The highest BCUT2D eigenvalue weighted by Gasteiger charge is 2.23. The number of aliphatic imine (C=N–C) groups is 1. The maximum absolute atomic E-state index is 11.1. The van der Waals surface area contributed by atoms with Crippen molar-refractivity contribution in [2.24, 2.45) is 4.99 Å².